The Morgan fingerprint density at radius 2 is 1.53 bits per heavy atom. The van der Waals surface area contributed by atoms with Crippen LogP contribution in [0.15, 0.2) is 91.1 Å². The number of ether oxygens (including phenoxy) is 3. The summed E-state index contributed by atoms with van der Waals surface area (Å²) in [4.78, 5) is 12.2. The highest BCUT2D eigenvalue weighted by Gasteiger charge is 2.10. The zero-order valence-corrected chi connectivity index (χ0v) is 16.6. The lowest BCUT2D eigenvalue weighted by molar-refractivity contribution is -0.145. The summed E-state index contributed by atoms with van der Waals surface area (Å²) < 4.78 is 18.7. The minimum Gasteiger partial charge on any atom is -0.490 e. The van der Waals surface area contributed by atoms with E-state index in [1.165, 1.54) is 0 Å². The maximum absolute atomic E-state index is 12.2. The van der Waals surface area contributed by atoms with Gasteiger partial charge in [0, 0.05) is 11.6 Å². The zero-order valence-electron chi connectivity index (χ0n) is 16.6. The Kier molecular flexibility index (Phi) is 6.30. The van der Waals surface area contributed by atoms with Gasteiger partial charge in [-0.25, -0.2) is 0 Å². The van der Waals surface area contributed by atoms with Crippen molar-refractivity contribution >= 4 is 16.9 Å². The van der Waals surface area contributed by atoms with Crippen molar-refractivity contribution in [3.05, 3.63) is 96.7 Å². The van der Waals surface area contributed by atoms with Gasteiger partial charge in [-0.3, -0.25) is 4.79 Å². The third-order valence-electron chi connectivity index (χ3n) is 4.67. The van der Waals surface area contributed by atoms with Crippen LogP contribution < -0.4 is 9.47 Å². The van der Waals surface area contributed by atoms with Crippen LogP contribution in [0.1, 0.15) is 5.56 Å². The van der Waals surface area contributed by atoms with E-state index in [0.717, 1.165) is 28.0 Å². The minimum absolute atomic E-state index is 0.136. The molecular weight excluding hydrogens is 378 g/mol. The maximum Gasteiger partial charge on any atom is 0.326 e. The molecule has 4 aromatic rings. The van der Waals surface area contributed by atoms with Crippen molar-refractivity contribution in [3.8, 4) is 11.5 Å². The van der Waals surface area contributed by atoms with Crippen LogP contribution in [-0.4, -0.2) is 23.8 Å². The van der Waals surface area contributed by atoms with E-state index in [1.807, 2.05) is 95.7 Å². The van der Waals surface area contributed by atoms with Crippen molar-refractivity contribution in [2.75, 3.05) is 13.2 Å². The predicted molar refractivity (Wildman–Crippen MR) is 116 cm³/mol. The van der Waals surface area contributed by atoms with Crippen molar-refractivity contribution in [1.82, 2.24) is 4.57 Å². The number of fused-ring (bicyclic) bond motifs is 1. The molecule has 30 heavy (non-hydrogen) atoms. The summed E-state index contributed by atoms with van der Waals surface area (Å²) in [7, 11) is 0. The van der Waals surface area contributed by atoms with Gasteiger partial charge >= 0.3 is 5.97 Å². The third kappa shape index (κ3) is 5.00. The summed E-state index contributed by atoms with van der Waals surface area (Å²) in [6.45, 7) is 1.16. The van der Waals surface area contributed by atoms with Gasteiger partial charge in [-0.15, -0.1) is 0 Å². The molecule has 0 fully saturated rings. The topological polar surface area (TPSA) is 49.7 Å². The fourth-order valence-electron chi connectivity index (χ4n) is 3.21. The van der Waals surface area contributed by atoms with Crippen molar-refractivity contribution in [1.29, 1.82) is 0 Å². The molecule has 152 valence electrons. The van der Waals surface area contributed by atoms with E-state index in [0.29, 0.717) is 13.2 Å². The number of nitrogens with zero attached hydrogens (tertiary/aromatic N) is 1. The van der Waals surface area contributed by atoms with Gasteiger partial charge in [-0.2, -0.15) is 0 Å². The summed E-state index contributed by atoms with van der Waals surface area (Å²) in [5, 5.41) is 0.966. The number of hydrogen-bond acceptors (Lipinski definition) is 4. The van der Waals surface area contributed by atoms with Crippen LogP contribution in [0.2, 0.25) is 0 Å². The van der Waals surface area contributed by atoms with Crippen molar-refractivity contribution in [2.45, 2.75) is 13.2 Å². The number of esters is 1. The lowest BCUT2D eigenvalue weighted by atomic mass is 10.2. The van der Waals surface area contributed by atoms with Gasteiger partial charge in [0.15, 0.2) is 0 Å². The molecule has 0 spiro atoms. The molecular formula is C25H23NO4. The normalized spacial score (nSPS) is 10.7. The van der Waals surface area contributed by atoms with E-state index in [2.05, 4.69) is 0 Å². The first-order chi connectivity index (χ1) is 14.8. The SMILES string of the molecule is O=C(Cn1ccc2c(OCc3ccccc3)cccc21)OCCOc1ccccc1. The average molecular weight is 401 g/mol. The number of carbonyl (C=O) groups is 1. The summed E-state index contributed by atoms with van der Waals surface area (Å²) in [5.74, 6) is 1.24. The molecule has 0 saturated carbocycles. The van der Waals surface area contributed by atoms with E-state index in [1.54, 1.807) is 0 Å². The molecule has 4 rings (SSSR count). The monoisotopic (exact) mass is 401 g/mol. The molecule has 0 atom stereocenters. The van der Waals surface area contributed by atoms with Crippen LogP contribution in [0.5, 0.6) is 11.5 Å². The maximum atomic E-state index is 12.2. The summed E-state index contributed by atoms with van der Waals surface area (Å²) in [6, 6.07) is 27.3. The molecule has 1 heterocycles. The number of benzene rings is 3. The molecule has 1 aromatic heterocycles. The second-order valence-corrected chi connectivity index (χ2v) is 6.79. The first kappa shape index (κ1) is 19.6. The van der Waals surface area contributed by atoms with Crippen LogP contribution >= 0.6 is 0 Å². The summed E-state index contributed by atoms with van der Waals surface area (Å²) in [5.41, 5.74) is 2.04. The number of hydrogen-bond donors (Lipinski definition) is 0. The summed E-state index contributed by atoms with van der Waals surface area (Å²) in [6.07, 6.45) is 1.88. The fourth-order valence-corrected chi connectivity index (χ4v) is 3.21. The second-order valence-electron chi connectivity index (χ2n) is 6.79. The highest BCUT2D eigenvalue weighted by Crippen LogP contribution is 2.27. The van der Waals surface area contributed by atoms with E-state index >= 15 is 0 Å². The number of carbonyl (C=O) groups excluding carboxylic acids is 1. The van der Waals surface area contributed by atoms with Gasteiger partial charge in [-0.1, -0.05) is 54.6 Å². The Labute approximate surface area is 175 Å². The van der Waals surface area contributed by atoms with Gasteiger partial charge in [0.25, 0.3) is 0 Å². The lowest BCUT2D eigenvalue weighted by Gasteiger charge is -2.10. The molecule has 0 bridgehead atoms. The standard InChI is InChI=1S/C25H23NO4/c27-25(29-17-16-28-21-10-5-2-6-11-21)18-26-15-14-22-23(26)12-7-13-24(22)30-19-20-8-3-1-4-9-20/h1-15H,16-19H2. The fraction of sp³-hybridized carbons (Fsp3) is 0.160. The molecule has 0 N–H and O–H groups in total. The van der Waals surface area contributed by atoms with E-state index in [4.69, 9.17) is 14.2 Å². The zero-order chi connectivity index (χ0) is 20.6. The quantitative estimate of drug-likeness (QED) is 0.297. The molecule has 3 aromatic carbocycles. The van der Waals surface area contributed by atoms with Crippen molar-refractivity contribution < 1.29 is 19.0 Å². The molecule has 0 radical (unpaired) electrons. The van der Waals surface area contributed by atoms with Gasteiger partial charge in [-0.05, 0) is 35.9 Å². The molecule has 0 unspecified atom stereocenters. The number of para-hydroxylation sites is 1. The molecule has 0 saturated heterocycles. The molecule has 0 aliphatic rings. The summed E-state index contributed by atoms with van der Waals surface area (Å²) >= 11 is 0. The van der Waals surface area contributed by atoms with Gasteiger partial charge < -0.3 is 18.8 Å². The smallest absolute Gasteiger partial charge is 0.326 e. The Morgan fingerprint density at radius 3 is 2.33 bits per heavy atom. The Morgan fingerprint density at radius 1 is 0.767 bits per heavy atom. The molecule has 0 aliphatic carbocycles. The lowest BCUT2D eigenvalue weighted by Crippen LogP contribution is -2.16. The Hall–Kier alpha value is -3.73. The number of rotatable bonds is 9. The van der Waals surface area contributed by atoms with E-state index in [-0.39, 0.29) is 19.1 Å². The Balaban J connectivity index is 1.32. The van der Waals surface area contributed by atoms with E-state index in [9.17, 15) is 4.79 Å². The largest absolute Gasteiger partial charge is 0.490 e. The van der Waals surface area contributed by atoms with Gasteiger partial charge in [0.05, 0.1) is 5.52 Å². The highest BCUT2D eigenvalue weighted by atomic mass is 16.6. The molecule has 0 amide bonds. The first-order valence-electron chi connectivity index (χ1n) is 9.88. The second kappa shape index (κ2) is 9.65. The minimum atomic E-state index is -0.306. The van der Waals surface area contributed by atoms with Gasteiger partial charge in [0.1, 0.15) is 37.9 Å². The van der Waals surface area contributed by atoms with Crippen LogP contribution in [0.25, 0.3) is 10.9 Å². The van der Waals surface area contributed by atoms with Crippen molar-refractivity contribution in [3.63, 3.8) is 0 Å². The molecule has 0 aliphatic heterocycles. The van der Waals surface area contributed by atoms with Gasteiger partial charge in [0.2, 0.25) is 0 Å². The molecule has 5 heteroatoms. The number of aromatic nitrogens is 1. The Bertz CT molecular complexity index is 1090. The van der Waals surface area contributed by atoms with Crippen LogP contribution in [0, 0.1) is 0 Å². The third-order valence-corrected chi connectivity index (χ3v) is 4.67. The predicted octanol–water partition coefficient (Wildman–Crippen LogP) is 4.84. The van der Waals surface area contributed by atoms with Crippen molar-refractivity contribution in [2.24, 2.45) is 0 Å². The molecule has 5 nitrogen and oxygen atoms in total. The van der Waals surface area contributed by atoms with E-state index < -0.39 is 0 Å². The first-order valence-corrected chi connectivity index (χ1v) is 9.88. The highest BCUT2D eigenvalue weighted by molar-refractivity contribution is 5.87. The van der Waals surface area contributed by atoms with Crippen LogP contribution in [0.4, 0.5) is 0 Å². The van der Waals surface area contributed by atoms with Crippen LogP contribution in [0.3, 0.4) is 0 Å². The van der Waals surface area contributed by atoms with Crippen LogP contribution in [-0.2, 0) is 22.7 Å². The average Bonchev–Trinajstić information content (AvgIpc) is 3.20.